The predicted molar refractivity (Wildman–Crippen MR) is 97.2 cm³/mol. The molecule has 1 saturated heterocycles. The highest BCUT2D eigenvalue weighted by Crippen LogP contribution is 2.56. The third-order valence-corrected chi connectivity index (χ3v) is 7.17. The average Bonchev–Trinajstić information content (AvgIpc) is 2.68. The molecular formula is C22H27N3. The molecule has 3 heteroatoms. The quantitative estimate of drug-likeness (QED) is 0.781. The van der Waals surface area contributed by atoms with Crippen LogP contribution in [0.2, 0.25) is 0 Å². The van der Waals surface area contributed by atoms with Gasteiger partial charge in [-0.2, -0.15) is 10.5 Å². The number of benzene rings is 1. The number of hydrogen-bond donors (Lipinski definition) is 0. The molecule has 25 heavy (non-hydrogen) atoms. The first kappa shape index (κ1) is 16.6. The maximum Gasteiger partial charge on any atom is 0.113 e. The van der Waals surface area contributed by atoms with Gasteiger partial charge in [-0.1, -0.05) is 56.0 Å². The Morgan fingerprint density at radius 2 is 1.44 bits per heavy atom. The molecule has 0 spiro atoms. The number of fused-ring (bicyclic) bond motifs is 2. The Morgan fingerprint density at radius 1 is 0.880 bits per heavy atom. The van der Waals surface area contributed by atoms with Crippen LogP contribution in [0, 0.1) is 34.5 Å². The van der Waals surface area contributed by atoms with Crippen molar-refractivity contribution in [3.8, 4) is 12.1 Å². The summed E-state index contributed by atoms with van der Waals surface area (Å²) in [6.07, 6.45) is 9.93. The van der Waals surface area contributed by atoms with Gasteiger partial charge in [0.15, 0.2) is 0 Å². The zero-order valence-corrected chi connectivity index (χ0v) is 15.0. The van der Waals surface area contributed by atoms with Crippen molar-refractivity contribution < 1.29 is 0 Å². The lowest BCUT2D eigenvalue weighted by Crippen LogP contribution is -2.70. The predicted octanol–water partition coefficient (Wildman–Crippen LogP) is 4.80. The van der Waals surface area contributed by atoms with Crippen LogP contribution in [0.4, 0.5) is 0 Å². The van der Waals surface area contributed by atoms with Crippen LogP contribution in [-0.2, 0) is 6.54 Å². The summed E-state index contributed by atoms with van der Waals surface area (Å²) in [5.41, 5.74) is 0.331. The highest BCUT2D eigenvalue weighted by Gasteiger charge is 2.61. The SMILES string of the molecule is N#C[C@]12CCCC[C@@H]1C[C@@H]1CCCC[C@@]1(C#N)N2Cc1ccccc1. The smallest absolute Gasteiger partial charge is 0.113 e. The van der Waals surface area contributed by atoms with Gasteiger partial charge in [0.2, 0.25) is 0 Å². The van der Waals surface area contributed by atoms with E-state index >= 15 is 0 Å². The Morgan fingerprint density at radius 3 is 1.96 bits per heavy atom. The first-order valence-corrected chi connectivity index (χ1v) is 9.89. The highest BCUT2D eigenvalue weighted by atomic mass is 15.3. The van der Waals surface area contributed by atoms with E-state index in [-0.39, 0.29) is 0 Å². The second kappa shape index (κ2) is 6.47. The van der Waals surface area contributed by atoms with Crippen LogP contribution in [0.15, 0.2) is 30.3 Å². The summed E-state index contributed by atoms with van der Waals surface area (Å²) in [5.74, 6) is 0.860. The number of piperidine rings is 1. The molecule has 0 unspecified atom stereocenters. The monoisotopic (exact) mass is 333 g/mol. The van der Waals surface area contributed by atoms with E-state index in [1.54, 1.807) is 0 Å². The van der Waals surface area contributed by atoms with Crippen molar-refractivity contribution in [3.05, 3.63) is 35.9 Å². The lowest BCUT2D eigenvalue weighted by molar-refractivity contribution is -0.116. The van der Waals surface area contributed by atoms with Crippen LogP contribution in [0.5, 0.6) is 0 Å². The van der Waals surface area contributed by atoms with E-state index in [4.69, 9.17) is 0 Å². The van der Waals surface area contributed by atoms with E-state index in [1.165, 1.54) is 18.4 Å². The Hall–Kier alpha value is -1.84. The fourth-order valence-electron chi connectivity index (χ4n) is 5.96. The van der Waals surface area contributed by atoms with Crippen molar-refractivity contribution in [1.82, 2.24) is 4.90 Å². The molecule has 0 bridgehead atoms. The van der Waals surface area contributed by atoms with Gasteiger partial charge in [0.25, 0.3) is 0 Å². The summed E-state index contributed by atoms with van der Waals surface area (Å²) in [4.78, 5) is 2.38. The van der Waals surface area contributed by atoms with Crippen molar-refractivity contribution in [2.45, 2.75) is 75.4 Å². The second-order valence-corrected chi connectivity index (χ2v) is 8.26. The Labute approximate surface area is 151 Å². The van der Waals surface area contributed by atoms with E-state index < -0.39 is 11.1 Å². The van der Waals surface area contributed by atoms with Crippen LogP contribution >= 0.6 is 0 Å². The Bertz CT molecular complexity index is 660. The maximum absolute atomic E-state index is 10.3. The lowest BCUT2D eigenvalue weighted by Gasteiger charge is -2.61. The largest absolute Gasteiger partial charge is 0.262 e. The number of nitrogens with zero attached hydrogens (tertiary/aromatic N) is 3. The van der Waals surface area contributed by atoms with Gasteiger partial charge >= 0.3 is 0 Å². The first-order chi connectivity index (χ1) is 12.2. The minimum absolute atomic E-state index is 0.430. The molecule has 1 aromatic rings. The first-order valence-electron chi connectivity index (χ1n) is 9.89. The Kier molecular flexibility index (Phi) is 4.30. The topological polar surface area (TPSA) is 50.8 Å². The van der Waals surface area contributed by atoms with Gasteiger partial charge in [-0.15, -0.1) is 0 Å². The standard InChI is InChI=1S/C22H27N3/c23-16-21-12-6-4-10-19(21)14-20-11-5-7-13-22(20,17-24)25(21)15-18-8-2-1-3-9-18/h1-3,8-9,19-20H,4-7,10-15H2/t19-,20+,21-,22+. The van der Waals surface area contributed by atoms with Crippen LogP contribution in [0.1, 0.15) is 63.4 Å². The second-order valence-electron chi connectivity index (χ2n) is 8.26. The molecule has 4 atom stereocenters. The van der Waals surface area contributed by atoms with Crippen LogP contribution in [0.25, 0.3) is 0 Å². The number of rotatable bonds is 2. The summed E-state index contributed by atoms with van der Waals surface area (Å²) >= 11 is 0. The normalized spacial score (nSPS) is 38.0. The van der Waals surface area contributed by atoms with E-state index in [2.05, 4.69) is 41.3 Å². The lowest BCUT2D eigenvalue weighted by atomic mass is 9.57. The Balaban J connectivity index is 1.81. The maximum atomic E-state index is 10.3. The molecule has 0 aromatic heterocycles. The van der Waals surface area contributed by atoms with Gasteiger partial charge in [-0.3, -0.25) is 4.90 Å². The third-order valence-electron chi connectivity index (χ3n) is 7.17. The molecule has 3 fully saturated rings. The molecule has 2 saturated carbocycles. The average molecular weight is 333 g/mol. The fraction of sp³-hybridized carbons (Fsp3) is 0.636. The zero-order chi connectivity index (χ0) is 17.3. The van der Waals surface area contributed by atoms with Crippen LogP contribution in [0.3, 0.4) is 0 Å². The molecule has 3 aliphatic rings. The minimum atomic E-state index is -0.447. The van der Waals surface area contributed by atoms with Gasteiger partial charge in [0, 0.05) is 6.54 Å². The van der Waals surface area contributed by atoms with E-state index in [0.717, 1.165) is 51.5 Å². The van der Waals surface area contributed by atoms with Gasteiger partial charge in [0.1, 0.15) is 11.1 Å². The summed E-state index contributed by atoms with van der Waals surface area (Å²) in [5, 5.41) is 20.6. The van der Waals surface area contributed by atoms with Gasteiger partial charge in [-0.25, -0.2) is 0 Å². The van der Waals surface area contributed by atoms with Crippen molar-refractivity contribution >= 4 is 0 Å². The fourth-order valence-corrected chi connectivity index (χ4v) is 5.96. The minimum Gasteiger partial charge on any atom is -0.262 e. The number of likely N-dealkylation sites (tertiary alicyclic amines) is 1. The molecule has 1 heterocycles. The van der Waals surface area contributed by atoms with Crippen molar-refractivity contribution in [3.63, 3.8) is 0 Å². The summed E-state index contributed by atoms with van der Waals surface area (Å²) < 4.78 is 0. The molecule has 0 amide bonds. The third kappa shape index (κ3) is 2.49. The van der Waals surface area contributed by atoms with Crippen LogP contribution in [-0.4, -0.2) is 16.0 Å². The summed E-state index contributed by atoms with van der Waals surface area (Å²) in [7, 11) is 0. The molecule has 3 nitrogen and oxygen atoms in total. The molecule has 2 aliphatic carbocycles. The highest BCUT2D eigenvalue weighted by molar-refractivity contribution is 5.29. The summed E-state index contributed by atoms with van der Waals surface area (Å²) in [6.45, 7) is 0.731. The van der Waals surface area contributed by atoms with Crippen molar-refractivity contribution in [1.29, 1.82) is 10.5 Å². The zero-order valence-electron chi connectivity index (χ0n) is 15.0. The molecule has 130 valence electrons. The molecule has 4 rings (SSSR count). The van der Waals surface area contributed by atoms with Gasteiger partial charge < -0.3 is 0 Å². The molecule has 1 aliphatic heterocycles. The number of hydrogen-bond acceptors (Lipinski definition) is 3. The van der Waals surface area contributed by atoms with Gasteiger partial charge in [0.05, 0.1) is 12.1 Å². The van der Waals surface area contributed by atoms with Crippen LogP contribution < -0.4 is 0 Å². The van der Waals surface area contributed by atoms with Gasteiger partial charge in [-0.05, 0) is 49.5 Å². The molecule has 1 aromatic carbocycles. The number of nitriles is 2. The van der Waals surface area contributed by atoms with E-state index in [9.17, 15) is 10.5 Å². The van der Waals surface area contributed by atoms with E-state index in [1.807, 2.05) is 6.07 Å². The van der Waals surface area contributed by atoms with Crippen molar-refractivity contribution in [2.75, 3.05) is 0 Å². The van der Waals surface area contributed by atoms with E-state index in [0.29, 0.717) is 11.8 Å². The van der Waals surface area contributed by atoms with Crippen molar-refractivity contribution in [2.24, 2.45) is 11.8 Å². The molecule has 0 N–H and O–H groups in total. The summed E-state index contributed by atoms with van der Waals surface area (Å²) in [6, 6.07) is 16.0. The molecular weight excluding hydrogens is 306 g/mol. The molecule has 0 radical (unpaired) electrons.